The van der Waals surface area contributed by atoms with Gasteiger partial charge in [0.05, 0.1) is 6.61 Å². The molecule has 362 valence electrons. The van der Waals surface area contributed by atoms with Gasteiger partial charge >= 0.3 is 11.9 Å². The van der Waals surface area contributed by atoms with Crippen LogP contribution >= 0.6 is 0 Å². The van der Waals surface area contributed by atoms with Crippen LogP contribution < -0.4 is 0 Å². The summed E-state index contributed by atoms with van der Waals surface area (Å²) in [7, 11) is -4.61. The average Bonchev–Trinajstić information content (AvgIpc) is 3.24. The zero-order valence-electron chi connectivity index (χ0n) is 38.7. The van der Waals surface area contributed by atoms with Crippen molar-refractivity contribution in [2.45, 2.75) is 243 Å². The highest BCUT2D eigenvalue weighted by Crippen LogP contribution is 2.24. The number of esters is 2. The van der Waals surface area contributed by atoms with E-state index in [1.807, 2.05) is 0 Å². The molecule has 1 aliphatic rings. The number of unbranched alkanes of at least 4 members (excludes halogenated alkanes) is 23. The molecule has 6 unspecified atom stereocenters. The van der Waals surface area contributed by atoms with Crippen LogP contribution in [0.25, 0.3) is 0 Å². The van der Waals surface area contributed by atoms with Crippen LogP contribution in [0.2, 0.25) is 0 Å². The predicted octanol–water partition coefficient (Wildman–Crippen LogP) is 10.6. The maximum atomic E-state index is 12.8. The molecule has 1 aliphatic heterocycles. The first-order valence-corrected chi connectivity index (χ1v) is 26.2. The van der Waals surface area contributed by atoms with Gasteiger partial charge < -0.3 is 34.3 Å². The lowest BCUT2D eigenvalue weighted by Gasteiger charge is -2.40. The molecule has 1 heterocycles. The minimum absolute atomic E-state index is 0.154. The lowest BCUT2D eigenvalue weighted by Crippen LogP contribution is -2.60. The number of aliphatic hydroxyl groups excluding tert-OH is 3. The second-order valence-electron chi connectivity index (χ2n) is 17.1. The molecule has 0 spiro atoms. The van der Waals surface area contributed by atoms with E-state index >= 15 is 0 Å². The SMILES string of the molecule is CCCCCC/C=C\C/C=C\CCCCCCCCCC(=O)OC(COC(=O)CCCCCCC/C=C\CCCCCCCCC)COC1OC(CS(=O)(=O)O)C(O)C(O)C1O. The number of hydrogen-bond donors (Lipinski definition) is 4. The zero-order valence-corrected chi connectivity index (χ0v) is 39.5. The van der Waals surface area contributed by atoms with Gasteiger partial charge in [-0.3, -0.25) is 14.1 Å². The molecule has 0 radical (unpaired) electrons. The van der Waals surface area contributed by atoms with E-state index in [-0.39, 0.29) is 19.4 Å². The summed E-state index contributed by atoms with van der Waals surface area (Å²) in [5.41, 5.74) is 0. The van der Waals surface area contributed by atoms with Crippen LogP contribution in [0.4, 0.5) is 0 Å². The van der Waals surface area contributed by atoms with E-state index in [0.717, 1.165) is 77.0 Å². The van der Waals surface area contributed by atoms with Gasteiger partial charge in [-0.1, -0.05) is 159 Å². The van der Waals surface area contributed by atoms with Crippen LogP contribution in [0.15, 0.2) is 36.5 Å². The van der Waals surface area contributed by atoms with Crippen molar-refractivity contribution in [2.75, 3.05) is 19.0 Å². The van der Waals surface area contributed by atoms with Gasteiger partial charge in [0.1, 0.15) is 36.8 Å². The zero-order chi connectivity index (χ0) is 45.5. The number of ether oxygens (including phenoxy) is 4. The first-order chi connectivity index (χ1) is 30.0. The second-order valence-corrected chi connectivity index (χ2v) is 18.6. The molecule has 4 N–H and O–H groups in total. The van der Waals surface area contributed by atoms with Crippen molar-refractivity contribution in [3.63, 3.8) is 0 Å². The van der Waals surface area contributed by atoms with Crippen LogP contribution in [-0.2, 0) is 38.7 Å². The third-order valence-corrected chi connectivity index (χ3v) is 11.9. The summed E-state index contributed by atoms with van der Waals surface area (Å²) >= 11 is 0. The summed E-state index contributed by atoms with van der Waals surface area (Å²) in [5, 5.41) is 30.9. The Labute approximate surface area is 376 Å². The molecule has 0 bridgehead atoms. The molecule has 12 nitrogen and oxygen atoms in total. The maximum absolute atomic E-state index is 12.8. The monoisotopic (exact) mass is 901 g/mol. The van der Waals surface area contributed by atoms with Gasteiger partial charge in [-0.15, -0.1) is 0 Å². The maximum Gasteiger partial charge on any atom is 0.306 e. The number of hydrogen-bond acceptors (Lipinski definition) is 11. The molecule has 0 aromatic carbocycles. The Morgan fingerprint density at radius 2 is 0.968 bits per heavy atom. The van der Waals surface area contributed by atoms with Crippen molar-refractivity contribution in [1.82, 2.24) is 0 Å². The predicted molar refractivity (Wildman–Crippen MR) is 247 cm³/mol. The summed E-state index contributed by atoms with van der Waals surface area (Å²) in [6, 6.07) is 0. The van der Waals surface area contributed by atoms with Crippen molar-refractivity contribution >= 4 is 22.1 Å². The van der Waals surface area contributed by atoms with E-state index < -0.39 is 71.2 Å². The Balaban J connectivity index is 2.42. The standard InChI is InChI=1S/C49H88O12S/c1-3-5-7-9-11-13-15-17-19-21-22-24-26-28-30-32-34-36-38-45(51)60-42(40-59-49-48(54)47(53)46(52)43(61-49)41-62(55,56)57)39-58-44(50)37-35-33-31-29-27-25-23-20-18-16-14-12-10-8-6-4-2/h13,15,19-21,23,42-43,46-49,52-54H,3-12,14,16-18,22,24-41H2,1-2H3,(H,55,56,57)/b15-13-,21-19-,23-20-. The molecular formula is C49H88O12S. The molecule has 62 heavy (non-hydrogen) atoms. The Morgan fingerprint density at radius 3 is 1.45 bits per heavy atom. The number of allylic oxidation sites excluding steroid dienone is 6. The third-order valence-electron chi connectivity index (χ3n) is 11.2. The van der Waals surface area contributed by atoms with Crippen LogP contribution in [0, 0.1) is 0 Å². The molecule has 13 heteroatoms. The molecule has 0 aromatic rings. The fraction of sp³-hybridized carbons (Fsp3) is 0.837. The molecule has 1 rings (SSSR count). The lowest BCUT2D eigenvalue weighted by atomic mass is 10.00. The van der Waals surface area contributed by atoms with Crippen LogP contribution in [0.1, 0.15) is 206 Å². The van der Waals surface area contributed by atoms with E-state index in [0.29, 0.717) is 12.8 Å². The van der Waals surface area contributed by atoms with Crippen molar-refractivity contribution in [3.8, 4) is 0 Å². The summed E-state index contributed by atoms with van der Waals surface area (Å²) in [6.07, 6.45) is 36.1. The number of carbonyl (C=O) groups is 2. The Kier molecular flexibility index (Phi) is 36.6. The summed E-state index contributed by atoms with van der Waals surface area (Å²) in [5.74, 6) is -2.00. The fourth-order valence-electron chi connectivity index (χ4n) is 7.35. The minimum atomic E-state index is -4.61. The molecule has 0 amide bonds. The van der Waals surface area contributed by atoms with Crippen LogP contribution in [0.3, 0.4) is 0 Å². The van der Waals surface area contributed by atoms with E-state index in [1.165, 1.54) is 89.9 Å². The lowest BCUT2D eigenvalue weighted by molar-refractivity contribution is -0.297. The average molecular weight is 901 g/mol. The molecule has 0 saturated carbocycles. The molecule has 6 atom stereocenters. The van der Waals surface area contributed by atoms with Crippen molar-refractivity contribution < 1.29 is 56.8 Å². The van der Waals surface area contributed by atoms with Crippen molar-refractivity contribution in [3.05, 3.63) is 36.5 Å². The van der Waals surface area contributed by atoms with Gasteiger partial charge in [-0.05, 0) is 70.6 Å². The van der Waals surface area contributed by atoms with E-state index in [2.05, 4.69) is 50.3 Å². The number of rotatable bonds is 41. The summed E-state index contributed by atoms with van der Waals surface area (Å²) in [4.78, 5) is 25.5. The van der Waals surface area contributed by atoms with E-state index in [4.69, 9.17) is 18.9 Å². The Morgan fingerprint density at radius 1 is 0.548 bits per heavy atom. The Hall–Kier alpha value is -2.13. The molecular weight excluding hydrogens is 813 g/mol. The summed E-state index contributed by atoms with van der Waals surface area (Å²) in [6.45, 7) is 3.74. The van der Waals surface area contributed by atoms with Crippen LogP contribution in [-0.4, -0.2) is 96.0 Å². The van der Waals surface area contributed by atoms with Crippen LogP contribution in [0.5, 0.6) is 0 Å². The number of aliphatic hydroxyl groups is 3. The van der Waals surface area contributed by atoms with E-state index in [9.17, 15) is 37.9 Å². The molecule has 0 aromatic heterocycles. The fourth-order valence-corrected chi connectivity index (χ4v) is 8.04. The first kappa shape index (κ1) is 57.9. The van der Waals surface area contributed by atoms with Crippen molar-refractivity contribution in [1.29, 1.82) is 0 Å². The minimum Gasteiger partial charge on any atom is -0.462 e. The van der Waals surface area contributed by atoms with Gasteiger partial charge in [0.15, 0.2) is 12.4 Å². The van der Waals surface area contributed by atoms with Gasteiger partial charge in [-0.2, -0.15) is 8.42 Å². The largest absolute Gasteiger partial charge is 0.462 e. The van der Waals surface area contributed by atoms with E-state index in [1.54, 1.807) is 0 Å². The van der Waals surface area contributed by atoms with Gasteiger partial charge in [-0.25, -0.2) is 0 Å². The molecule has 0 aliphatic carbocycles. The number of carbonyl (C=O) groups excluding carboxylic acids is 2. The second kappa shape index (κ2) is 39.3. The van der Waals surface area contributed by atoms with Gasteiger partial charge in [0.2, 0.25) is 0 Å². The molecule has 1 fully saturated rings. The third kappa shape index (κ3) is 33.4. The quantitative estimate of drug-likeness (QED) is 0.0197. The Bertz CT molecular complexity index is 1290. The highest BCUT2D eigenvalue weighted by molar-refractivity contribution is 7.85. The molecule has 1 saturated heterocycles. The topological polar surface area (TPSA) is 186 Å². The normalized spacial score (nSPS) is 20.1. The highest BCUT2D eigenvalue weighted by Gasteiger charge is 2.46. The highest BCUT2D eigenvalue weighted by atomic mass is 32.2. The summed E-state index contributed by atoms with van der Waals surface area (Å²) < 4.78 is 54.2. The van der Waals surface area contributed by atoms with Crippen molar-refractivity contribution in [2.24, 2.45) is 0 Å². The first-order valence-electron chi connectivity index (χ1n) is 24.5. The smallest absolute Gasteiger partial charge is 0.306 e. The van der Waals surface area contributed by atoms with Gasteiger partial charge in [0.25, 0.3) is 10.1 Å². The van der Waals surface area contributed by atoms with Gasteiger partial charge in [0, 0.05) is 12.8 Å².